The van der Waals surface area contributed by atoms with Crippen molar-refractivity contribution in [3.63, 3.8) is 0 Å². The average Bonchev–Trinajstić information content (AvgIpc) is 2.49. The van der Waals surface area contributed by atoms with E-state index in [1.165, 1.54) is 11.1 Å². The molecule has 0 atom stereocenters. The number of anilines is 1. The van der Waals surface area contributed by atoms with Gasteiger partial charge in [-0.15, -0.1) is 0 Å². The molecule has 0 aliphatic carbocycles. The van der Waals surface area contributed by atoms with E-state index in [4.69, 9.17) is 9.47 Å². The van der Waals surface area contributed by atoms with E-state index < -0.39 is 0 Å². The van der Waals surface area contributed by atoms with Gasteiger partial charge in [0.05, 0.1) is 25.1 Å². The molecule has 0 unspecified atom stereocenters. The first-order chi connectivity index (χ1) is 9.81. The van der Waals surface area contributed by atoms with Crippen molar-refractivity contribution in [3.8, 4) is 5.88 Å². The monoisotopic (exact) mass is 272 g/mol. The van der Waals surface area contributed by atoms with E-state index in [0.717, 1.165) is 12.2 Å². The number of hydrogen-bond acceptors (Lipinski definition) is 4. The van der Waals surface area contributed by atoms with Gasteiger partial charge in [0, 0.05) is 19.7 Å². The summed E-state index contributed by atoms with van der Waals surface area (Å²) in [6.07, 6.45) is 1.78. The first-order valence-corrected chi connectivity index (χ1v) is 6.71. The van der Waals surface area contributed by atoms with Gasteiger partial charge >= 0.3 is 0 Å². The summed E-state index contributed by atoms with van der Waals surface area (Å²) in [5.74, 6) is 0.655. The van der Waals surface area contributed by atoms with Gasteiger partial charge in [-0.25, -0.2) is 4.98 Å². The third-order valence-corrected chi connectivity index (χ3v) is 2.86. The Balaban J connectivity index is 1.87. The molecular formula is C16H20N2O2. The van der Waals surface area contributed by atoms with E-state index in [2.05, 4.69) is 34.6 Å². The smallest absolute Gasteiger partial charge is 0.213 e. The Labute approximate surface area is 119 Å². The standard InChI is InChI=1S/C16H20N2O2/c1-3-20-16-9-8-15(11-18-16)17-10-13-4-6-14(7-5-13)12-19-2/h4-9,11,17H,3,10,12H2,1-2H3. The van der Waals surface area contributed by atoms with Gasteiger partial charge in [0.15, 0.2) is 0 Å². The van der Waals surface area contributed by atoms with Crippen LogP contribution in [0.5, 0.6) is 5.88 Å². The van der Waals surface area contributed by atoms with E-state index in [9.17, 15) is 0 Å². The Morgan fingerprint density at radius 2 is 1.80 bits per heavy atom. The lowest BCUT2D eigenvalue weighted by atomic mass is 10.1. The van der Waals surface area contributed by atoms with Gasteiger partial charge in [0.25, 0.3) is 0 Å². The number of benzene rings is 1. The predicted molar refractivity (Wildman–Crippen MR) is 79.9 cm³/mol. The zero-order valence-corrected chi connectivity index (χ0v) is 11.9. The Hall–Kier alpha value is -2.07. The summed E-state index contributed by atoms with van der Waals surface area (Å²) in [6.45, 7) is 3.99. The molecule has 20 heavy (non-hydrogen) atoms. The highest BCUT2D eigenvalue weighted by atomic mass is 16.5. The van der Waals surface area contributed by atoms with Gasteiger partial charge in [-0.2, -0.15) is 0 Å². The number of pyridine rings is 1. The summed E-state index contributed by atoms with van der Waals surface area (Å²) in [5.41, 5.74) is 3.38. The molecule has 0 aliphatic rings. The number of aromatic nitrogens is 1. The fourth-order valence-corrected chi connectivity index (χ4v) is 1.84. The van der Waals surface area contributed by atoms with Crippen molar-refractivity contribution in [2.45, 2.75) is 20.1 Å². The molecule has 2 aromatic rings. The highest BCUT2D eigenvalue weighted by Crippen LogP contribution is 2.13. The van der Waals surface area contributed by atoms with Gasteiger partial charge < -0.3 is 14.8 Å². The molecule has 2 rings (SSSR count). The van der Waals surface area contributed by atoms with Crippen LogP contribution in [0.4, 0.5) is 5.69 Å². The molecule has 1 heterocycles. The Kier molecular flexibility index (Phi) is 5.38. The van der Waals surface area contributed by atoms with Crippen LogP contribution in [0.3, 0.4) is 0 Å². The maximum atomic E-state index is 5.31. The molecule has 4 heteroatoms. The summed E-state index contributed by atoms with van der Waals surface area (Å²) in [7, 11) is 1.70. The molecule has 1 aromatic heterocycles. The van der Waals surface area contributed by atoms with E-state index in [1.54, 1.807) is 13.3 Å². The van der Waals surface area contributed by atoms with Crippen LogP contribution in [0.1, 0.15) is 18.1 Å². The summed E-state index contributed by atoms with van der Waals surface area (Å²) in [6, 6.07) is 12.2. The van der Waals surface area contributed by atoms with E-state index >= 15 is 0 Å². The first kappa shape index (κ1) is 14.3. The SMILES string of the molecule is CCOc1ccc(NCc2ccc(COC)cc2)cn1. The topological polar surface area (TPSA) is 43.4 Å². The summed E-state index contributed by atoms with van der Waals surface area (Å²) >= 11 is 0. The summed E-state index contributed by atoms with van der Waals surface area (Å²) < 4.78 is 10.4. The minimum Gasteiger partial charge on any atom is -0.478 e. The number of rotatable bonds is 7. The highest BCUT2D eigenvalue weighted by Gasteiger charge is 1.98. The van der Waals surface area contributed by atoms with E-state index in [-0.39, 0.29) is 0 Å². The lowest BCUT2D eigenvalue weighted by Gasteiger charge is -2.08. The Morgan fingerprint density at radius 1 is 1.05 bits per heavy atom. The number of nitrogens with one attached hydrogen (secondary N) is 1. The number of methoxy groups -OCH3 is 1. The van der Waals surface area contributed by atoms with Gasteiger partial charge in [0.1, 0.15) is 0 Å². The zero-order valence-electron chi connectivity index (χ0n) is 11.9. The quantitative estimate of drug-likeness (QED) is 0.840. The fraction of sp³-hybridized carbons (Fsp3) is 0.312. The lowest BCUT2D eigenvalue weighted by molar-refractivity contribution is 0.185. The number of ether oxygens (including phenoxy) is 2. The Morgan fingerprint density at radius 3 is 2.40 bits per heavy atom. The molecule has 0 bridgehead atoms. The van der Waals surface area contributed by atoms with Crippen LogP contribution in [-0.2, 0) is 17.9 Å². The second kappa shape index (κ2) is 7.50. The predicted octanol–water partition coefficient (Wildman–Crippen LogP) is 3.24. The Bertz CT molecular complexity index is 460. The molecule has 106 valence electrons. The molecule has 0 saturated heterocycles. The van der Waals surface area contributed by atoms with Crippen molar-refractivity contribution in [3.05, 3.63) is 53.7 Å². The molecule has 1 N–H and O–H groups in total. The second-order valence-electron chi connectivity index (χ2n) is 4.42. The van der Waals surface area contributed by atoms with Crippen molar-refractivity contribution < 1.29 is 9.47 Å². The molecule has 0 amide bonds. The zero-order chi connectivity index (χ0) is 14.2. The molecule has 1 aromatic carbocycles. The molecular weight excluding hydrogens is 252 g/mol. The van der Waals surface area contributed by atoms with Crippen LogP contribution >= 0.6 is 0 Å². The van der Waals surface area contributed by atoms with Gasteiger partial charge in [-0.3, -0.25) is 0 Å². The molecule has 0 fully saturated rings. The highest BCUT2D eigenvalue weighted by molar-refractivity contribution is 5.42. The van der Waals surface area contributed by atoms with Crippen molar-refractivity contribution in [2.24, 2.45) is 0 Å². The lowest BCUT2D eigenvalue weighted by Crippen LogP contribution is -2.01. The van der Waals surface area contributed by atoms with Crippen molar-refractivity contribution in [1.82, 2.24) is 4.98 Å². The summed E-state index contributed by atoms with van der Waals surface area (Å²) in [5, 5.41) is 3.33. The molecule has 0 spiro atoms. The second-order valence-corrected chi connectivity index (χ2v) is 4.42. The molecule has 4 nitrogen and oxygen atoms in total. The minimum absolute atomic E-state index is 0.633. The minimum atomic E-state index is 0.633. The maximum absolute atomic E-state index is 5.31. The number of hydrogen-bond donors (Lipinski definition) is 1. The fourth-order valence-electron chi connectivity index (χ4n) is 1.84. The molecule has 0 aliphatic heterocycles. The number of nitrogens with zero attached hydrogens (tertiary/aromatic N) is 1. The van der Waals surface area contributed by atoms with Gasteiger partial charge in [-0.1, -0.05) is 24.3 Å². The van der Waals surface area contributed by atoms with Crippen LogP contribution < -0.4 is 10.1 Å². The van der Waals surface area contributed by atoms with Crippen molar-refractivity contribution in [2.75, 3.05) is 19.0 Å². The van der Waals surface area contributed by atoms with Crippen LogP contribution in [-0.4, -0.2) is 18.7 Å². The molecule has 0 radical (unpaired) electrons. The van der Waals surface area contributed by atoms with Crippen molar-refractivity contribution >= 4 is 5.69 Å². The maximum Gasteiger partial charge on any atom is 0.213 e. The van der Waals surface area contributed by atoms with Crippen LogP contribution in [0.25, 0.3) is 0 Å². The molecule has 0 saturated carbocycles. The van der Waals surface area contributed by atoms with E-state index in [0.29, 0.717) is 19.1 Å². The van der Waals surface area contributed by atoms with E-state index in [1.807, 2.05) is 19.1 Å². The summed E-state index contributed by atoms with van der Waals surface area (Å²) in [4.78, 5) is 4.22. The van der Waals surface area contributed by atoms with Crippen LogP contribution in [0.15, 0.2) is 42.6 Å². The van der Waals surface area contributed by atoms with Crippen molar-refractivity contribution in [1.29, 1.82) is 0 Å². The third kappa shape index (κ3) is 4.24. The van der Waals surface area contributed by atoms with Gasteiger partial charge in [0.2, 0.25) is 5.88 Å². The van der Waals surface area contributed by atoms with Crippen LogP contribution in [0.2, 0.25) is 0 Å². The third-order valence-electron chi connectivity index (χ3n) is 2.86. The first-order valence-electron chi connectivity index (χ1n) is 6.71. The largest absolute Gasteiger partial charge is 0.478 e. The average molecular weight is 272 g/mol. The normalized spacial score (nSPS) is 10.3. The van der Waals surface area contributed by atoms with Crippen LogP contribution in [0, 0.1) is 0 Å². The van der Waals surface area contributed by atoms with Gasteiger partial charge in [-0.05, 0) is 24.1 Å².